The summed E-state index contributed by atoms with van der Waals surface area (Å²) >= 11 is 5.05. The third-order valence-corrected chi connectivity index (χ3v) is 4.37. The Labute approximate surface area is 107 Å². The lowest BCUT2D eigenvalue weighted by Gasteiger charge is -1.99. The largest absolute Gasteiger partial charge is 0.388 e. The minimum absolute atomic E-state index is 0.450. The number of benzene rings is 1. The number of aliphatic hydroxyl groups excluding tert-OH is 1. The molecule has 84 valence electrons. The molecule has 0 saturated heterocycles. The van der Waals surface area contributed by atoms with E-state index in [2.05, 4.69) is 20.9 Å². The van der Waals surface area contributed by atoms with Gasteiger partial charge < -0.3 is 5.11 Å². The first-order chi connectivity index (χ1) is 7.59. The topological polar surface area (TPSA) is 33.1 Å². The number of hydrogen-bond donors (Lipinski definition) is 1. The van der Waals surface area contributed by atoms with Gasteiger partial charge in [-0.25, -0.2) is 4.98 Å². The van der Waals surface area contributed by atoms with Crippen molar-refractivity contribution in [2.24, 2.45) is 0 Å². The van der Waals surface area contributed by atoms with E-state index in [4.69, 9.17) is 0 Å². The molecule has 0 bridgehead atoms. The Morgan fingerprint density at radius 3 is 2.62 bits per heavy atom. The van der Waals surface area contributed by atoms with Crippen LogP contribution in [0.4, 0.5) is 0 Å². The Balaban J connectivity index is 2.50. The number of rotatable bonds is 2. The lowest BCUT2D eigenvalue weighted by atomic mass is 10.2. The molecule has 2 rings (SSSR count). The number of hydrogen-bond acceptors (Lipinski definition) is 3. The summed E-state index contributed by atoms with van der Waals surface area (Å²) in [5.74, 6) is 0. The van der Waals surface area contributed by atoms with Crippen LogP contribution in [0.3, 0.4) is 0 Å². The maximum Gasteiger partial charge on any atom is 0.125 e. The maximum atomic E-state index is 9.59. The van der Waals surface area contributed by atoms with Crippen molar-refractivity contribution in [1.82, 2.24) is 4.98 Å². The number of nitrogens with zero attached hydrogens (tertiary/aromatic N) is 1. The minimum atomic E-state index is -0.450. The lowest BCUT2D eigenvalue weighted by Crippen LogP contribution is -1.88. The highest BCUT2D eigenvalue weighted by atomic mass is 79.9. The van der Waals surface area contributed by atoms with Crippen molar-refractivity contribution in [3.8, 4) is 10.6 Å². The molecule has 0 aliphatic heterocycles. The summed E-state index contributed by atoms with van der Waals surface area (Å²) in [5, 5.41) is 10.5. The van der Waals surface area contributed by atoms with Crippen LogP contribution >= 0.6 is 27.3 Å². The van der Waals surface area contributed by atoms with Crippen molar-refractivity contribution < 1.29 is 5.11 Å². The van der Waals surface area contributed by atoms with Crippen molar-refractivity contribution in [3.63, 3.8) is 0 Å². The van der Waals surface area contributed by atoms with E-state index in [1.165, 1.54) is 0 Å². The van der Waals surface area contributed by atoms with Gasteiger partial charge in [0.15, 0.2) is 0 Å². The van der Waals surface area contributed by atoms with Gasteiger partial charge in [-0.2, -0.15) is 0 Å². The van der Waals surface area contributed by atoms with E-state index in [-0.39, 0.29) is 0 Å². The summed E-state index contributed by atoms with van der Waals surface area (Å²) in [6.07, 6.45) is -0.450. The smallest absolute Gasteiger partial charge is 0.125 e. The number of halogens is 1. The molecule has 16 heavy (non-hydrogen) atoms. The molecular weight excluding hydrogens is 286 g/mol. The molecule has 2 nitrogen and oxygen atoms in total. The van der Waals surface area contributed by atoms with Crippen molar-refractivity contribution in [1.29, 1.82) is 0 Å². The number of aromatic nitrogens is 1. The van der Waals surface area contributed by atoms with Gasteiger partial charge in [0.05, 0.1) is 16.7 Å². The fourth-order valence-corrected chi connectivity index (χ4v) is 3.19. The molecule has 1 unspecified atom stereocenters. The van der Waals surface area contributed by atoms with Gasteiger partial charge in [-0.3, -0.25) is 0 Å². The SMILES string of the molecule is Cc1nc(-c2ccccc2Br)sc1C(C)O. The summed E-state index contributed by atoms with van der Waals surface area (Å²) in [7, 11) is 0. The van der Waals surface area contributed by atoms with E-state index in [1.54, 1.807) is 18.3 Å². The first-order valence-corrected chi connectivity index (χ1v) is 6.61. The average Bonchev–Trinajstić information content (AvgIpc) is 2.61. The zero-order valence-corrected chi connectivity index (χ0v) is 11.5. The van der Waals surface area contributed by atoms with Gasteiger partial charge in [-0.1, -0.05) is 34.1 Å². The molecule has 1 aromatic carbocycles. The Morgan fingerprint density at radius 1 is 1.38 bits per heavy atom. The summed E-state index contributed by atoms with van der Waals surface area (Å²) < 4.78 is 1.03. The molecule has 1 atom stereocenters. The Bertz CT molecular complexity index is 507. The second-order valence-corrected chi connectivity index (χ2v) is 5.51. The van der Waals surface area contributed by atoms with Gasteiger partial charge in [-0.15, -0.1) is 11.3 Å². The maximum absolute atomic E-state index is 9.59. The molecule has 0 saturated carbocycles. The predicted molar refractivity (Wildman–Crippen MR) is 70.6 cm³/mol. The van der Waals surface area contributed by atoms with Crippen molar-refractivity contribution in [2.75, 3.05) is 0 Å². The molecule has 1 aromatic heterocycles. The van der Waals surface area contributed by atoms with Gasteiger partial charge in [-0.05, 0) is 19.9 Å². The van der Waals surface area contributed by atoms with Crippen molar-refractivity contribution in [2.45, 2.75) is 20.0 Å². The number of thiazole rings is 1. The second-order valence-electron chi connectivity index (χ2n) is 3.62. The van der Waals surface area contributed by atoms with Gasteiger partial charge in [0.2, 0.25) is 0 Å². The molecule has 1 heterocycles. The Morgan fingerprint density at radius 2 is 2.06 bits per heavy atom. The van der Waals surface area contributed by atoms with Crippen LogP contribution in [-0.2, 0) is 0 Å². The normalized spacial score (nSPS) is 12.8. The zero-order chi connectivity index (χ0) is 11.7. The lowest BCUT2D eigenvalue weighted by molar-refractivity contribution is 0.202. The third-order valence-electron chi connectivity index (χ3n) is 2.32. The van der Waals surface area contributed by atoms with Gasteiger partial charge in [0.25, 0.3) is 0 Å². The zero-order valence-electron chi connectivity index (χ0n) is 9.07. The molecule has 4 heteroatoms. The molecular formula is C12H12BrNOS. The van der Waals surface area contributed by atoms with Crippen LogP contribution in [-0.4, -0.2) is 10.1 Å². The first-order valence-electron chi connectivity index (χ1n) is 5.00. The number of aliphatic hydroxyl groups is 1. The van der Waals surface area contributed by atoms with Crippen molar-refractivity contribution >= 4 is 27.3 Å². The van der Waals surface area contributed by atoms with Crippen LogP contribution in [0.1, 0.15) is 23.6 Å². The number of aryl methyl sites for hydroxylation is 1. The molecule has 0 spiro atoms. The Kier molecular flexibility index (Phi) is 3.42. The van der Waals surface area contributed by atoms with Gasteiger partial charge in [0.1, 0.15) is 5.01 Å². The molecule has 0 fully saturated rings. The average molecular weight is 298 g/mol. The van der Waals surface area contributed by atoms with Crippen LogP contribution in [0, 0.1) is 6.92 Å². The van der Waals surface area contributed by atoms with Crippen LogP contribution in [0.5, 0.6) is 0 Å². The second kappa shape index (κ2) is 4.65. The van der Waals surface area contributed by atoms with E-state index >= 15 is 0 Å². The summed E-state index contributed by atoms with van der Waals surface area (Å²) in [6, 6.07) is 7.98. The highest BCUT2D eigenvalue weighted by Gasteiger charge is 2.14. The predicted octanol–water partition coefficient (Wildman–Crippen LogP) is 3.93. The van der Waals surface area contributed by atoms with Crippen LogP contribution in [0.2, 0.25) is 0 Å². The van der Waals surface area contributed by atoms with Crippen molar-refractivity contribution in [3.05, 3.63) is 39.3 Å². The quantitative estimate of drug-likeness (QED) is 0.911. The monoisotopic (exact) mass is 297 g/mol. The van der Waals surface area contributed by atoms with E-state index < -0.39 is 6.10 Å². The highest BCUT2D eigenvalue weighted by Crippen LogP contribution is 2.35. The molecule has 0 radical (unpaired) electrons. The summed E-state index contributed by atoms with van der Waals surface area (Å²) in [4.78, 5) is 5.43. The van der Waals surface area contributed by atoms with E-state index in [0.717, 1.165) is 25.6 Å². The van der Waals surface area contributed by atoms with Gasteiger partial charge >= 0.3 is 0 Å². The first kappa shape index (κ1) is 11.8. The van der Waals surface area contributed by atoms with Gasteiger partial charge in [0, 0.05) is 10.0 Å². The van der Waals surface area contributed by atoms with E-state index in [1.807, 2.05) is 31.2 Å². The van der Waals surface area contributed by atoms with E-state index in [0.29, 0.717) is 0 Å². The Hall–Kier alpha value is -0.710. The highest BCUT2D eigenvalue weighted by molar-refractivity contribution is 9.10. The fraction of sp³-hybridized carbons (Fsp3) is 0.250. The molecule has 2 aromatic rings. The van der Waals surface area contributed by atoms with Crippen LogP contribution in [0.15, 0.2) is 28.7 Å². The molecule has 0 amide bonds. The standard InChI is InChI=1S/C12H12BrNOS/c1-7-11(8(2)15)16-12(14-7)9-5-3-4-6-10(9)13/h3-6,8,15H,1-2H3. The van der Waals surface area contributed by atoms with Crippen LogP contribution < -0.4 is 0 Å². The fourth-order valence-electron chi connectivity index (χ4n) is 1.55. The van der Waals surface area contributed by atoms with Crippen LogP contribution in [0.25, 0.3) is 10.6 Å². The third kappa shape index (κ3) is 2.19. The summed E-state index contributed by atoms with van der Waals surface area (Å²) in [6.45, 7) is 3.70. The summed E-state index contributed by atoms with van der Waals surface area (Å²) in [5.41, 5.74) is 1.98. The minimum Gasteiger partial charge on any atom is -0.388 e. The molecule has 0 aliphatic rings. The van der Waals surface area contributed by atoms with E-state index in [9.17, 15) is 5.11 Å². The molecule has 1 N–H and O–H groups in total. The molecule has 0 aliphatic carbocycles.